The smallest absolute Gasteiger partial charge is 0.146 e. The highest BCUT2D eigenvalue weighted by molar-refractivity contribution is 6.41. The molecular formula is C6H12O2Si. The fourth-order valence-electron chi connectivity index (χ4n) is 0.302. The highest BCUT2D eigenvalue weighted by atomic mass is 28.2. The second kappa shape index (κ2) is 7.88. The van der Waals surface area contributed by atoms with Crippen LogP contribution in [-0.4, -0.2) is 29.1 Å². The van der Waals surface area contributed by atoms with Gasteiger partial charge in [0.15, 0.2) is 0 Å². The predicted octanol–water partition coefficient (Wildman–Crippen LogP) is 0.802. The van der Waals surface area contributed by atoms with Gasteiger partial charge in [0, 0.05) is 12.8 Å². The standard InChI is InChI=1S/C6H12O2Si/c1-3-7-5-8-6-9-4-2/h4H,2-3,5-6H2,1H3. The van der Waals surface area contributed by atoms with Crippen molar-refractivity contribution in [3.8, 4) is 0 Å². The molecule has 0 unspecified atom stereocenters. The van der Waals surface area contributed by atoms with Crippen LogP contribution in [0.5, 0.6) is 0 Å². The van der Waals surface area contributed by atoms with E-state index in [1.807, 2.05) is 12.6 Å². The van der Waals surface area contributed by atoms with Crippen molar-refractivity contribution in [1.82, 2.24) is 0 Å². The van der Waals surface area contributed by atoms with Gasteiger partial charge >= 0.3 is 0 Å². The van der Waals surface area contributed by atoms with E-state index >= 15 is 0 Å². The predicted molar refractivity (Wildman–Crippen MR) is 38.4 cm³/mol. The third-order valence-corrected chi connectivity index (χ3v) is 1.36. The highest BCUT2D eigenvalue weighted by Crippen LogP contribution is 1.75. The zero-order valence-corrected chi connectivity index (χ0v) is 6.72. The van der Waals surface area contributed by atoms with E-state index in [0.717, 1.165) is 12.8 Å². The van der Waals surface area contributed by atoms with Crippen LogP contribution in [-0.2, 0) is 9.47 Å². The Hall–Kier alpha value is -0.123. The molecule has 0 aliphatic carbocycles. The van der Waals surface area contributed by atoms with Crippen molar-refractivity contribution < 1.29 is 9.47 Å². The lowest BCUT2D eigenvalue weighted by Crippen LogP contribution is -2.04. The van der Waals surface area contributed by atoms with Gasteiger partial charge in [-0.3, -0.25) is 0 Å². The van der Waals surface area contributed by atoms with Gasteiger partial charge in [-0.05, 0) is 6.92 Å². The second-order valence-electron chi connectivity index (χ2n) is 1.37. The van der Waals surface area contributed by atoms with E-state index in [1.165, 1.54) is 0 Å². The SMILES string of the molecule is C=C[Si]COCOCC. The number of hydrogen-bond acceptors (Lipinski definition) is 2. The minimum absolute atomic E-state index is 0.414. The van der Waals surface area contributed by atoms with Gasteiger partial charge < -0.3 is 9.47 Å². The Morgan fingerprint density at radius 1 is 1.56 bits per heavy atom. The number of rotatable bonds is 6. The van der Waals surface area contributed by atoms with E-state index in [9.17, 15) is 0 Å². The van der Waals surface area contributed by atoms with E-state index in [4.69, 9.17) is 9.47 Å². The lowest BCUT2D eigenvalue weighted by Gasteiger charge is -1.99. The second-order valence-corrected chi connectivity index (χ2v) is 2.47. The highest BCUT2D eigenvalue weighted by Gasteiger charge is 1.83. The molecule has 0 amide bonds. The van der Waals surface area contributed by atoms with Gasteiger partial charge in [-0.2, -0.15) is 0 Å². The van der Waals surface area contributed by atoms with E-state index in [2.05, 4.69) is 6.58 Å². The van der Waals surface area contributed by atoms with Gasteiger partial charge in [-0.25, -0.2) is 0 Å². The fourth-order valence-corrected chi connectivity index (χ4v) is 0.621. The first-order chi connectivity index (χ1) is 4.41. The molecule has 0 saturated carbocycles. The molecule has 0 aliphatic heterocycles. The first-order valence-corrected chi connectivity index (χ1v) is 4.20. The van der Waals surface area contributed by atoms with Crippen molar-refractivity contribution in [3.63, 3.8) is 0 Å². The quantitative estimate of drug-likeness (QED) is 0.312. The van der Waals surface area contributed by atoms with Crippen LogP contribution in [0.3, 0.4) is 0 Å². The lowest BCUT2D eigenvalue weighted by atomic mass is 10.9. The topological polar surface area (TPSA) is 18.5 Å². The number of ether oxygens (including phenoxy) is 2. The lowest BCUT2D eigenvalue weighted by molar-refractivity contribution is -0.0331. The van der Waals surface area contributed by atoms with Crippen LogP contribution >= 0.6 is 0 Å². The van der Waals surface area contributed by atoms with Gasteiger partial charge in [-0.15, -0.1) is 12.3 Å². The summed E-state index contributed by atoms with van der Waals surface area (Å²) in [5.41, 5.74) is 1.85. The van der Waals surface area contributed by atoms with Crippen molar-refractivity contribution in [3.05, 3.63) is 12.3 Å². The summed E-state index contributed by atoms with van der Waals surface area (Å²) in [7, 11) is 0.688. The third-order valence-electron chi connectivity index (χ3n) is 0.701. The minimum atomic E-state index is 0.414. The van der Waals surface area contributed by atoms with Crippen molar-refractivity contribution in [2.75, 3.05) is 19.6 Å². The first-order valence-electron chi connectivity index (χ1n) is 2.91. The normalized spacial score (nSPS) is 9.44. The summed E-state index contributed by atoms with van der Waals surface area (Å²) in [6.07, 6.45) is 0.740. The summed E-state index contributed by atoms with van der Waals surface area (Å²) >= 11 is 0. The largest absolute Gasteiger partial charge is 0.359 e. The monoisotopic (exact) mass is 144 g/mol. The summed E-state index contributed by atoms with van der Waals surface area (Å²) in [6.45, 7) is 6.65. The minimum Gasteiger partial charge on any atom is -0.359 e. The molecule has 3 heteroatoms. The Bertz CT molecular complexity index is 66.1. The molecular weight excluding hydrogens is 132 g/mol. The molecule has 0 fully saturated rings. The molecule has 0 heterocycles. The summed E-state index contributed by atoms with van der Waals surface area (Å²) in [5, 5.41) is 0. The first kappa shape index (κ1) is 8.88. The molecule has 0 bridgehead atoms. The summed E-state index contributed by atoms with van der Waals surface area (Å²) in [4.78, 5) is 0. The van der Waals surface area contributed by atoms with E-state index < -0.39 is 0 Å². The van der Waals surface area contributed by atoms with Gasteiger partial charge in [0.1, 0.15) is 16.3 Å². The summed E-state index contributed by atoms with van der Waals surface area (Å²) in [6, 6.07) is 0. The van der Waals surface area contributed by atoms with Crippen LogP contribution < -0.4 is 0 Å². The maximum absolute atomic E-state index is 5.03. The van der Waals surface area contributed by atoms with Gasteiger partial charge in [0.25, 0.3) is 0 Å². The molecule has 0 N–H and O–H groups in total. The van der Waals surface area contributed by atoms with Crippen LogP contribution in [0, 0.1) is 0 Å². The van der Waals surface area contributed by atoms with Crippen LogP contribution in [0.1, 0.15) is 6.92 Å². The maximum Gasteiger partial charge on any atom is 0.146 e. The van der Waals surface area contributed by atoms with Crippen LogP contribution in [0.25, 0.3) is 0 Å². The molecule has 0 aromatic rings. The third kappa shape index (κ3) is 7.88. The zero-order chi connectivity index (χ0) is 6.95. The van der Waals surface area contributed by atoms with Gasteiger partial charge in [0.2, 0.25) is 0 Å². The molecule has 0 aromatic carbocycles. The molecule has 0 aromatic heterocycles. The Morgan fingerprint density at radius 2 is 2.33 bits per heavy atom. The average molecular weight is 144 g/mol. The Morgan fingerprint density at radius 3 is 2.89 bits per heavy atom. The molecule has 0 saturated heterocycles. The van der Waals surface area contributed by atoms with Crippen molar-refractivity contribution in [2.24, 2.45) is 0 Å². The Labute approximate surface area is 58.7 Å². The van der Waals surface area contributed by atoms with Crippen molar-refractivity contribution in [2.45, 2.75) is 6.92 Å². The van der Waals surface area contributed by atoms with E-state index in [-0.39, 0.29) is 0 Å². The van der Waals surface area contributed by atoms with Gasteiger partial charge in [-0.1, -0.05) is 0 Å². The average Bonchev–Trinajstić information content (AvgIpc) is 1.89. The molecule has 52 valence electrons. The Balaban J connectivity index is 2.66. The molecule has 9 heavy (non-hydrogen) atoms. The van der Waals surface area contributed by atoms with Crippen LogP contribution in [0.2, 0.25) is 0 Å². The van der Waals surface area contributed by atoms with Crippen LogP contribution in [0.15, 0.2) is 12.3 Å². The summed E-state index contributed by atoms with van der Waals surface area (Å²) in [5.74, 6) is 0. The maximum atomic E-state index is 5.03. The van der Waals surface area contributed by atoms with Crippen molar-refractivity contribution in [1.29, 1.82) is 0 Å². The number of hydrogen-bond donors (Lipinski definition) is 0. The fraction of sp³-hybridized carbons (Fsp3) is 0.667. The Kier molecular flexibility index (Phi) is 7.77. The van der Waals surface area contributed by atoms with Crippen LogP contribution in [0.4, 0.5) is 0 Å². The van der Waals surface area contributed by atoms with Gasteiger partial charge in [0.05, 0.1) is 0 Å². The molecule has 2 radical (unpaired) electrons. The van der Waals surface area contributed by atoms with Crippen molar-refractivity contribution >= 4 is 9.52 Å². The molecule has 0 rings (SSSR count). The molecule has 2 nitrogen and oxygen atoms in total. The molecule has 0 atom stereocenters. The summed E-state index contributed by atoms with van der Waals surface area (Å²) < 4.78 is 9.96. The van der Waals surface area contributed by atoms with E-state index in [1.54, 1.807) is 0 Å². The van der Waals surface area contributed by atoms with E-state index in [0.29, 0.717) is 16.3 Å². The molecule has 0 spiro atoms. The molecule has 0 aliphatic rings. The zero-order valence-electron chi connectivity index (χ0n) is 5.72.